The first-order valence-corrected chi connectivity index (χ1v) is 10.6. The normalized spacial score (nSPS) is 11.6. The van der Waals surface area contributed by atoms with Gasteiger partial charge < -0.3 is 9.30 Å². The lowest BCUT2D eigenvalue weighted by atomic mass is 10.3. The van der Waals surface area contributed by atoms with Gasteiger partial charge in [-0.2, -0.15) is 13.5 Å². The highest BCUT2D eigenvalue weighted by molar-refractivity contribution is 7.92. The van der Waals surface area contributed by atoms with Crippen molar-refractivity contribution in [3.05, 3.63) is 67.4 Å². The average molecular weight is 425 g/mol. The van der Waals surface area contributed by atoms with Crippen LogP contribution in [0.3, 0.4) is 0 Å². The molecule has 3 heterocycles. The van der Waals surface area contributed by atoms with Gasteiger partial charge in [0.2, 0.25) is 5.88 Å². The molecule has 0 amide bonds. The molecule has 0 saturated carbocycles. The molecule has 1 N–H and O–H groups in total. The van der Waals surface area contributed by atoms with Crippen molar-refractivity contribution < 1.29 is 13.2 Å². The fourth-order valence-electron chi connectivity index (χ4n) is 2.55. The first-order valence-electron chi connectivity index (χ1n) is 9.09. The topological polar surface area (TPSA) is 117 Å². The van der Waals surface area contributed by atoms with E-state index in [0.29, 0.717) is 23.1 Å². The highest BCUT2D eigenvalue weighted by Crippen LogP contribution is 2.23. The van der Waals surface area contributed by atoms with E-state index in [-0.39, 0.29) is 11.1 Å². The molecule has 0 aliphatic heterocycles. The summed E-state index contributed by atoms with van der Waals surface area (Å²) in [6.07, 6.45) is 6.40. The van der Waals surface area contributed by atoms with Crippen molar-refractivity contribution in [3.8, 4) is 17.4 Å². The predicted molar refractivity (Wildman–Crippen MR) is 109 cm³/mol. The van der Waals surface area contributed by atoms with Crippen molar-refractivity contribution in [1.29, 1.82) is 0 Å². The Kier molecular flexibility index (Phi) is 5.19. The zero-order chi connectivity index (χ0) is 21.1. The number of ether oxygens (including phenoxy) is 1. The fourth-order valence-corrected chi connectivity index (χ4v) is 3.55. The lowest BCUT2D eigenvalue weighted by Crippen LogP contribution is -2.13. The average Bonchev–Trinajstić information content (AvgIpc) is 3.43. The van der Waals surface area contributed by atoms with Gasteiger partial charge in [-0.05, 0) is 50.2 Å². The molecule has 0 atom stereocenters. The van der Waals surface area contributed by atoms with Gasteiger partial charge in [0.25, 0.3) is 10.0 Å². The number of aromatic nitrogens is 6. The van der Waals surface area contributed by atoms with Gasteiger partial charge in [-0.3, -0.25) is 4.72 Å². The van der Waals surface area contributed by atoms with Crippen LogP contribution < -0.4 is 9.46 Å². The second-order valence-electron chi connectivity index (χ2n) is 6.67. The molecule has 0 unspecified atom stereocenters. The third kappa shape index (κ3) is 4.30. The standard InChI is InChI=1S/C19H19N7O3S/c1-14(2)25-12-19(20-13-25)30(27,28)24-15-4-6-16(7-5-15)29-18-9-8-17(22-23-18)26-11-3-10-21-26/h3-14,24H,1-2H3. The molecule has 0 radical (unpaired) electrons. The Labute approximate surface area is 173 Å². The molecule has 1 aromatic carbocycles. The Balaban J connectivity index is 1.42. The van der Waals surface area contributed by atoms with Crippen molar-refractivity contribution >= 4 is 15.7 Å². The molecule has 4 aromatic rings. The quantitative estimate of drug-likeness (QED) is 0.484. The van der Waals surface area contributed by atoms with E-state index in [1.165, 1.54) is 12.5 Å². The van der Waals surface area contributed by atoms with Crippen molar-refractivity contribution in [2.75, 3.05) is 4.72 Å². The van der Waals surface area contributed by atoms with E-state index >= 15 is 0 Å². The van der Waals surface area contributed by atoms with E-state index in [0.717, 1.165) is 0 Å². The molecule has 0 fully saturated rings. The molecule has 0 aliphatic rings. The monoisotopic (exact) mass is 425 g/mol. The molecule has 0 saturated heterocycles. The van der Waals surface area contributed by atoms with Gasteiger partial charge in [-0.25, -0.2) is 9.67 Å². The van der Waals surface area contributed by atoms with Crippen LogP contribution in [0.2, 0.25) is 0 Å². The molecule has 4 rings (SSSR count). The molecule has 154 valence electrons. The first-order chi connectivity index (χ1) is 14.4. The number of nitrogens with zero attached hydrogens (tertiary/aromatic N) is 6. The van der Waals surface area contributed by atoms with Gasteiger partial charge in [0, 0.05) is 36.4 Å². The van der Waals surface area contributed by atoms with Crippen LogP contribution in [0.4, 0.5) is 5.69 Å². The summed E-state index contributed by atoms with van der Waals surface area (Å²) in [4.78, 5) is 3.97. The zero-order valence-corrected chi connectivity index (χ0v) is 17.1. The number of imidazole rings is 1. The Bertz CT molecular complexity index is 1220. The van der Waals surface area contributed by atoms with E-state index in [4.69, 9.17) is 4.74 Å². The predicted octanol–water partition coefficient (Wildman–Crippen LogP) is 3.03. The minimum Gasteiger partial charge on any atom is -0.438 e. The summed E-state index contributed by atoms with van der Waals surface area (Å²) in [5.41, 5.74) is 0.390. The van der Waals surface area contributed by atoms with Gasteiger partial charge in [-0.15, -0.1) is 10.2 Å². The van der Waals surface area contributed by atoms with E-state index in [1.807, 2.05) is 13.8 Å². The summed E-state index contributed by atoms with van der Waals surface area (Å²) in [7, 11) is -3.78. The van der Waals surface area contributed by atoms with Crippen LogP contribution in [-0.2, 0) is 10.0 Å². The first kappa shape index (κ1) is 19.6. The maximum Gasteiger partial charge on any atom is 0.280 e. The maximum atomic E-state index is 12.5. The Morgan fingerprint density at radius 2 is 1.87 bits per heavy atom. The Hall–Kier alpha value is -3.73. The second kappa shape index (κ2) is 7.95. The molecule has 0 aliphatic carbocycles. The lowest BCUT2D eigenvalue weighted by molar-refractivity contribution is 0.454. The second-order valence-corrected chi connectivity index (χ2v) is 8.29. The van der Waals surface area contributed by atoms with E-state index < -0.39 is 10.0 Å². The SMILES string of the molecule is CC(C)n1cnc(S(=O)(=O)Nc2ccc(Oc3ccc(-n4cccn4)nn3)cc2)c1. The number of anilines is 1. The summed E-state index contributed by atoms with van der Waals surface area (Å²) in [5, 5.41) is 12.1. The molecular formula is C19H19N7O3S. The van der Waals surface area contributed by atoms with Crippen LogP contribution in [0.15, 0.2) is 72.4 Å². The molecule has 3 aromatic heterocycles. The highest BCUT2D eigenvalue weighted by Gasteiger charge is 2.18. The van der Waals surface area contributed by atoms with Crippen molar-refractivity contribution in [2.24, 2.45) is 0 Å². The van der Waals surface area contributed by atoms with Gasteiger partial charge in [0.05, 0.1) is 6.33 Å². The summed E-state index contributed by atoms with van der Waals surface area (Å²) >= 11 is 0. The van der Waals surface area contributed by atoms with Crippen LogP contribution in [0.25, 0.3) is 5.82 Å². The Morgan fingerprint density at radius 3 is 2.47 bits per heavy atom. The number of hydrogen-bond donors (Lipinski definition) is 1. The van der Waals surface area contributed by atoms with Crippen molar-refractivity contribution in [3.63, 3.8) is 0 Å². The Morgan fingerprint density at radius 1 is 1.07 bits per heavy atom. The number of sulfonamides is 1. The smallest absolute Gasteiger partial charge is 0.280 e. The number of benzene rings is 1. The summed E-state index contributed by atoms with van der Waals surface area (Å²) in [6, 6.07) is 11.8. The van der Waals surface area contributed by atoms with Crippen molar-refractivity contribution in [1.82, 2.24) is 29.5 Å². The number of nitrogens with one attached hydrogen (secondary N) is 1. The van der Waals surface area contributed by atoms with Crippen LogP contribution in [-0.4, -0.2) is 37.9 Å². The number of hydrogen-bond acceptors (Lipinski definition) is 7. The largest absolute Gasteiger partial charge is 0.438 e. The molecule has 30 heavy (non-hydrogen) atoms. The van der Waals surface area contributed by atoms with E-state index in [9.17, 15) is 8.42 Å². The molecule has 10 nitrogen and oxygen atoms in total. The molecule has 11 heteroatoms. The number of rotatable bonds is 7. The fraction of sp³-hybridized carbons (Fsp3) is 0.158. The maximum absolute atomic E-state index is 12.5. The van der Waals surface area contributed by atoms with Gasteiger partial charge in [0.15, 0.2) is 10.8 Å². The van der Waals surface area contributed by atoms with Gasteiger partial charge >= 0.3 is 0 Å². The third-order valence-corrected chi connectivity index (χ3v) is 5.41. The third-order valence-electron chi connectivity index (χ3n) is 4.14. The molecule has 0 bridgehead atoms. The summed E-state index contributed by atoms with van der Waals surface area (Å²) in [5.74, 6) is 1.36. The van der Waals surface area contributed by atoms with Crippen LogP contribution in [0, 0.1) is 0 Å². The highest BCUT2D eigenvalue weighted by atomic mass is 32.2. The van der Waals surface area contributed by atoms with E-state index in [2.05, 4.69) is 25.0 Å². The van der Waals surface area contributed by atoms with Gasteiger partial charge in [0.1, 0.15) is 5.75 Å². The van der Waals surface area contributed by atoms with E-state index in [1.54, 1.807) is 64.1 Å². The molecule has 0 spiro atoms. The van der Waals surface area contributed by atoms with Crippen LogP contribution in [0.5, 0.6) is 11.6 Å². The van der Waals surface area contributed by atoms with Gasteiger partial charge in [-0.1, -0.05) is 0 Å². The minimum atomic E-state index is -3.78. The van der Waals surface area contributed by atoms with Crippen LogP contribution >= 0.6 is 0 Å². The minimum absolute atomic E-state index is 0.0379. The summed E-state index contributed by atoms with van der Waals surface area (Å²) in [6.45, 7) is 3.89. The summed E-state index contributed by atoms with van der Waals surface area (Å²) < 4.78 is 36.5. The van der Waals surface area contributed by atoms with Crippen LogP contribution in [0.1, 0.15) is 19.9 Å². The zero-order valence-electron chi connectivity index (χ0n) is 16.2. The van der Waals surface area contributed by atoms with Crippen molar-refractivity contribution in [2.45, 2.75) is 24.9 Å². The molecular weight excluding hydrogens is 406 g/mol. The lowest BCUT2D eigenvalue weighted by Gasteiger charge is -2.08.